The largest absolute Gasteiger partial charge is 0.395 e. The van der Waals surface area contributed by atoms with Gasteiger partial charge in [0.2, 0.25) is 0 Å². The minimum absolute atomic E-state index is 0.0774. The Kier molecular flexibility index (Phi) is 6.73. The molecule has 2 unspecified atom stereocenters. The molecular formula is C13H20BrNO2. The van der Waals surface area contributed by atoms with E-state index in [0.717, 1.165) is 10.9 Å². The molecule has 0 aliphatic carbocycles. The number of halogens is 1. The lowest BCUT2D eigenvalue weighted by Crippen LogP contribution is -2.35. The number of ether oxygens (including phenoxy) is 1. The summed E-state index contributed by atoms with van der Waals surface area (Å²) in [4.78, 5) is 0. The third-order valence-electron chi connectivity index (χ3n) is 2.75. The van der Waals surface area contributed by atoms with Crippen LogP contribution in [-0.2, 0) is 4.74 Å². The van der Waals surface area contributed by atoms with Crippen LogP contribution in [0.3, 0.4) is 0 Å². The van der Waals surface area contributed by atoms with Crippen LogP contribution < -0.4 is 5.32 Å². The summed E-state index contributed by atoms with van der Waals surface area (Å²) >= 11 is 3.42. The molecule has 0 fully saturated rings. The zero-order chi connectivity index (χ0) is 12.7. The van der Waals surface area contributed by atoms with E-state index in [1.807, 2.05) is 12.1 Å². The molecule has 0 saturated carbocycles. The highest BCUT2D eigenvalue weighted by Gasteiger charge is 2.12. The molecule has 17 heavy (non-hydrogen) atoms. The summed E-state index contributed by atoms with van der Waals surface area (Å²) in [6.45, 7) is 2.88. The van der Waals surface area contributed by atoms with E-state index in [-0.39, 0.29) is 18.7 Å². The van der Waals surface area contributed by atoms with Gasteiger partial charge in [-0.25, -0.2) is 0 Å². The minimum atomic E-state index is 0.0774. The van der Waals surface area contributed by atoms with Crippen molar-refractivity contribution in [2.45, 2.75) is 25.4 Å². The van der Waals surface area contributed by atoms with E-state index in [1.165, 1.54) is 5.56 Å². The van der Waals surface area contributed by atoms with Crippen molar-refractivity contribution in [1.82, 2.24) is 5.32 Å². The Balaban J connectivity index is 2.51. The van der Waals surface area contributed by atoms with E-state index in [2.05, 4.69) is 40.3 Å². The molecule has 0 aliphatic rings. The summed E-state index contributed by atoms with van der Waals surface area (Å²) in [6.07, 6.45) is 0.813. The summed E-state index contributed by atoms with van der Waals surface area (Å²) in [5.74, 6) is 0. The average molecular weight is 302 g/mol. The maximum atomic E-state index is 9.27. The number of hydrogen-bond acceptors (Lipinski definition) is 3. The zero-order valence-corrected chi connectivity index (χ0v) is 11.9. The molecule has 4 heteroatoms. The number of methoxy groups -OCH3 is 1. The predicted molar refractivity (Wildman–Crippen MR) is 73.1 cm³/mol. The van der Waals surface area contributed by atoms with Gasteiger partial charge in [-0.2, -0.15) is 0 Å². The summed E-state index contributed by atoms with van der Waals surface area (Å²) < 4.78 is 6.10. The van der Waals surface area contributed by atoms with Crippen molar-refractivity contribution in [3.8, 4) is 0 Å². The lowest BCUT2D eigenvalue weighted by molar-refractivity contribution is 0.156. The highest BCUT2D eigenvalue weighted by Crippen LogP contribution is 2.17. The standard InChI is InChI=1S/C13H20BrNO2/c1-10(11-3-5-12(14)6-4-11)15-13(9-16)7-8-17-2/h3-6,10,13,15-16H,7-9H2,1-2H3. The highest BCUT2D eigenvalue weighted by atomic mass is 79.9. The topological polar surface area (TPSA) is 41.5 Å². The van der Waals surface area contributed by atoms with Gasteiger partial charge in [-0.3, -0.25) is 0 Å². The predicted octanol–water partition coefficient (Wildman–Crippen LogP) is 2.50. The van der Waals surface area contributed by atoms with Crippen LogP contribution in [-0.4, -0.2) is 31.5 Å². The number of aliphatic hydroxyl groups is 1. The Morgan fingerprint density at radius 3 is 2.53 bits per heavy atom. The lowest BCUT2D eigenvalue weighted by Gasteiger charge is -2.21. The van der Waals surface area contributed by atoms with Crippen LogP contribution in [0.4, 0.5) is 0 Å². The number of nitrogens with one attached hydrogen (secondary N) is 1. The van der Waals surface area contributed by atoms with Crippen LogP contribution in [0, 0.1) is 0 Å². The first-order valence-electron chi connectivity index (χ1n) is 5.78. The summed E-state index contributed by atoms with van der Waals surface area (Å²) in [5, 5.41) is 12.7. The van der Waals surface area contributed by atoms with Crippen molar-refractivity contribution in [2.75, 3.05) is 20.3 Å². The van der Waals surface area contributed by atoms with Crippen LogP contribution in [0.25, 0.3) is 0 Å². The van der Waals surface area contributed by atoms with Gasteiger partial charge in [0.1, 0.15) is 0 Å². The van der Waals surface area contributed by atoms with Crippen LogP contribution in [0.15, 0.2) is 28.7 Å². The minimum Gasteiger partial charge on any atom is -0.395 e. The molecule has 2 atom stereocenters. The molecule has 0 bridgehead atoms. The van der Waals surface area contributed by atoms with Crippen molar-refractivity contribution in [2.24, 2.45) is 0 Å². The van der Waals surface area contributed by atoms with Gasteiger partial charge in [0.25, 0.3) is 0 Å². The third kappa shape index (κ3) is 5.17. The molecule has 0 heterocycles. The molecule has 0 spiro atoms. The first-order valence-corrected chi connectivity index (χ1v) is 6.58. The molecule has 0 radical (unpaired) electrons. The van der Waals surface area contributed by atoms with Gasteiger partial charge in [0, 0.05) is 30.3 Å². The molecule has 1 aromatic carbocycles. The average Bonchev–Trinajstić information content (AvgIpc) is 2.35. The second kappa shape index (κ2) is 7.82. The molecule has 1 rings (SSSR count). The Morgan fingerprint density at radius 1 is 1.35 bits per heavy atom. The number of hydrogen-bond donors (Lipinski definition) is 2. The van der Waals surface area contributed by atoms with Gasteiger partial charge >= 0.3 is 0 Å². The third-order valence-corrected chi connectivity index (χ3v) is 3.28. The van der Waals surface area contributed by atoms with Gasteiger partial charge in [0.05, 0.1) is 6.61 Å². The molecule has 2 N–H and O–H groups in total. The molecular weight excluding hydrogens is 282 g/mol. The normalized spacial score (nSPS) is 14.6. The summed E-state index contributed by atoms with van der Waals surface area (Å²) in [5.41, 5.74) is 1.21. The van der Waals surface area contributed by atoms with Crippen LogP contribution >= 0.6 is 15.9 Å². The van der Waals surface area contributed by atoms with E-state index >= 15 is 0 Å². The molecule has 0 aromatic heterocycles. The van der Waals surface area contributed by atoms with E-state index in [0.29, 0.717) is 6.61 Å². The van der Waals surface area contributed by atoms with Crippen molar-refractivity contribution in [1.29, 1.82) is 0 Å². The van der Waals surface area contributed by atoms with Crippen LogP contribution in [0.1, 0.15) is 24.9 Å². The molecule has 0 aliphatic heterocycles. The fourth-order valence-electron chi connectivity index (χ4n) is 1.69. The molecule has 1 aromatic rings. The van der Waals surface area contributed by atoms with E-state index in [1.54, 1.807) is 7.11 Å². The highest BCUT2D eigenvalue weighted by molar-refractivity contribution is 9.10. The lowest BCUT2D eigenvalue weighted by atomic mass is 10.1. The first kappa shape index (κ1) is 14.6. The second-order valence-corrected chi connectivity index (χ2v) is 5.02. The maximum absolute atomic E-state index is 9.27. The number of rotatable bonds is 7. The van der Waals surface area contributed by atoms with Crippen LogP contribution in [0.2, 0.25) is 0 Å². The van der Waals surface area contributed by atoms with E-state index in [4.69, 9.17) is 4.74 Å². The Bertz CT molecular complexity index is 316. The van der Waals surface area contributed by atoms with Gasteiger partial charge in [0.15, 0.2) is 0 Å². The first-order chi connectivity index (χ1) is 8.17. The fraction of sp³-hybridized carbons (Fsp3) is 0.538. The smallest absolute Gasteiger partial charge is 0.0585 e. The van der Waals surface area contributed by atoms with Crippen molar-refractivity contribution >= 4 is 15.9 Å². The van der Waals surface area contributed by atoms with Gasteiger partial charge in [-0.05, 0) is 31.0 Å². The zero-order valence-electron chi connectivity index (χ0n) is 10.3. The van der Waals surface area contributed by atoms with Gasteiger partial charge in [-0.15, -0.1) is 0 Å². The SMILES string of the molecule is COCCC(CO)NC(C)c1ccc(Br)cc1. The van der Waals surface area contributed by atoms with E-state index < -0.39 is 0 Å². The number of aliphatic hydroxyl groups excluding tert-OH is 1. The van der Waals surface area contributed by atoms with Crippen molar-refractivity contribution in [3.63, 3.8) is 0 Å². The molecule has 0 amide bonds. The van der Waals surface area contributed by atoms with Crippen LogP contribution in [0.5, 0.6) is 0 Å². The Morgan fingerprint density at radius 2 is 2.00 bits per heavy atom. The van der Waals surface area contributed by atoms with E-state index in [9.17, 15) is 5.11 Å². The quantitative estimate of drug-likeness (QED) is 0.813. The van der Waals surface area contributed by atoms with Crippen molar-refractivity contribution < 1.29 is 9.84 Å². The second-order valence-electron chi connectivity index (χ2n) is 4.10. The van der Waals surface area contributed by atoms with Gasteiger partial charge < -0.3 is 15.2 Å². The Labute approximate surface area is 111 Å². The monoisotopic (exact) mass is 301 g/mol. The number of benzene rings is 1. The van der Waals surface area contributed by atoms with Crippen molar-refractivity contribution in [3.05, 3.63) is 34.3 Å². The molecule has 96 valence electrons. The Hall–Kier alpha value is -0.420. The molecule has 0 saturated heterocycles. The van der Waals surface area contributed by atoms with Gasteiger partial charge in [-0.1, -0.05) is 28.1 Å². The maximum Gasteiger partial charge on any atom is 0.0585 e. The molecule has 3 nitrogen and oxygen atoms in total. The fourth-order valence-corrected chi connectivity index (χ4v) is 1.95. The summed E-state index contributed by atoms with van der Waals surface area (Å²) in [6, 6.07) is 8.50. The summed E-state index contributed by atoms with van der Waals surface area (Å²) in [7, 11) is 1.67.